The highest BCUT2D eigenvalue weighted by Gasteiger charge is 2.34. The summed E-state index contributed by atoms with van der Waals surface area (Å²) in [5, 5.41) is 0. The normalized spacial score (nSPS) is 13.8. The second-order valence-electron chi connectivity index (χ2n) is 7.17. The molecule has 1 atom stereocenters. The summed E-state index contributed by atoms with van der Waals surface area (Å²) in [6.07, 6.45) is 14.6. The summed E-state index contributed by atoms with van der Waals surface area (Å²) in [5.74, 6) is 0.721. The fraction of sp³-hybridized carbons (Fsp3) is 1.00. The van der Waals surface area contributed by atoms with Crippen LogP contribution in [-0.4, -0.2) is 38.3 Å². The highest BCUT2D eigenvalue weighted by Crippen LogP contribution is 2.36. The van der Waals surface area contributed by atoms with Gasteiger partial charge in [-0.1, -0.05) is 59.3 Å². The molecule has 0 saturated heterocycles. The Morgan fingerprint density at radius 2 is 1.36 bits per heavy atom. The summed E-state index contributed by atoms with van der Waals surface area (Å²) in [4.78, 5) is 2.30. The number of ether oxygens (including phenoxy) is 1. The number of hydrogen-bond donors (Lipinski definition) is 0. The maximum absolute atomic E-state index is 6.04. The molecule has 2 nitrogen and oxygen atoms in total. The molecule has 0 aromatic heterocycles. The van der Waals surface area contributed by atoms with E-state index in [0.717, 1.165) is 18.8 Å². The van der Waals surface area contributed by atoms with E-state index in [0.29, 0.717) is 0 Å². The molecule has 2 heteroatoms. The zero-order chi connectivity index (χ0) is 16.8. The molecule has 0 N–H and O–H groups in total. The molecule has 0 aromatic carbocycles. The van der Waals surface area contributed by atoms with E-state index in [1.54, 1.807) is 0 Å². The van der Waals surface area contributed by atoms with E-state index >= 15 is 0 Å². The minimum Gasteiger partial charge on any atom is -0.378 e. The molecule has 0 fully saturated rings. The van der Waals surface area contributed by atoms with Gasteiger partial charge in [0.05, 0.1) is 5.60 Å². The summed E-state index contributed by atoms with van der Waals surface area (Å²) in [7, 11) is 6.27. The van der Waals surface area contributed by atoms with Crippen molar-refractivity contribution in [1.82, 2.24) is 4.90 Å². The first kappa shape index (κ1) is 21.9. The van der Waals surface area contributed by atoms with Crippen LogP contribution in [0.5, 0.6) is 0 Å². The van der Waals surface area contributed by atoms with Gasteiger partial charge < -0.3 is 9.64 Å². The summed E-state index contributed by atoms with van der Waals surface area (Å²) >= 11 is 0. The standard InChI is InChI=1S/C20H43NO/c1-7-10-11-12-13-14-16-19(17-15-18-21(4)5)20(8-2,9-3)22-6/h19H,7-18H2,1-6H3. The Kier molecular flexibility index (Phi) is 13.3. The van der Waals surface area contributed by atoms with E-state index in [9.17, 15) is 0 Å². The second-order valence-corrected chi connectivity index (χ2v) is 7.17. The minimum absolute atomic E-state index is 0.107. The highest BCUT2D eigenvalue weighted by molar-refractivity contribution is 4.86. The van der Waals surface area contributed by atoms with Crippen LogP contribution in [0.3, 0.4) is 0 Å². The van der Waals surface area contributed by atoms with Crippen LogP contribution in [0.1, 0.15) is 91.4 Å². The van der Waals surface area contributed by atoms with Gasteiger partial charge in [0.25, 0.3) is 0 Å². The lowest BCUT2D eigenvalue weighted by Gasteiger charge is -2.39. The largest absolute Gasteiger partial charge is 0.378 e. The third-order valence-corrected chi connectivity index (χ3v) is 5.41. The molecule has 0 spiro atoms. The number of nitrogens with zero attached hydrogens (tertiary/aromatic N) is 1. The average Bonchev–Trinajstić information content (AvgIpc) is 2.51. The zero-order valence-corrected chi connectivity index (χ0v) is 16.4. The van der Waals surface area contributed by atoms with Gasteiger partial charge in [-0.05, 0) is 58.7 Å². The van der Waals surface area contributed by atoms with Gasteiger partial charge in [0.1, 0.15) is 0 Å². The first-order chi connectivity index (χ1) is 10.6. The van der Waals surface area contributed by atoms with E-state index in [2.05, 4.69) is 39.8 Å². The number of unbranched alkanes of at least 4 members (excludes halogenated alkanes) is 5. The first-order valence-electron chi connectivity index (χ1n) is 9.76. The fourth-order valence-corrected chi connectivity index (χ4v) is 3.78. The number of hydrogen-bond acceptors (Lipinski definition) is 2. The zero-order valence-electron chi connectivity index (χ0n) is 16.4. The quantitative estimate of drug-likeness (QED) is 0.349. The van der Waals surface area contributed by atoms with Gasteiger partial charge in [-0.2, -0.15) is 0 Å². The monoisotopic (exact) mass is 313 g/mol. The predicted octanol–water partition coefficient (Wildman–Crippen LogP) is 5.90. The van der Waals surface area contributed by atoms with Crippen molar-refractivity contribution in [3.63, 3.8) is 0 Å². The SMILES string of the molecule is CCCCCCCCC(CCCN(C)C)C(CC)(CC)OC. The smallest absolute Gasteiger partial charge is 0.0701 e. The number of rotatable bonds is 15. The Balaban J connectivity index is 4.38. The van der Waals surface area contributed by atoms with Crippen LogP contribution < -0.4 is 0 Å². The molecule has 0 saturated carbocycles. The molecule has 134 valence electrons. The topological polar surface area (TPSA) is 12.5 Å². The fourth-order valence-electron chi connectivity index (χ4n) is 3.78. The van der Waals surface area contributed by atoms with Crippen LogP contribution in [0.2, 0.25) is 0 Å². The van der Waals surface area contributed by atoms with Crippen LogP contribution >= 0.6 is 0 Å². The van der Waals surface area contributed by atoms with Crippen molar-refractivity contribution in [1.29, 1.82) is 0 Å². The molecule has 0 aromatic rings. The van der Waals surface area contributed by atoms with Crippen molar-refractivity contribution in [2.45, 2.75) is 97.0 Å². The Bertz CT molecular complexity index is 228. The molecule has 0 aliphatic rings. The molecule has 22 heavy (non-hydrogen) atoms. The summed E-state index contributed by atoms with van der Waals surface area (Å²) in [6, 6.07) is 0. The molecular weight excluding hydrogens is 270 g/mol. The van der Waals surface area contributed by atoms with Crippen LogP contribution in [0.15, 0.2) is 0 Å². The molecule has 1 unspecified atom stereocenters. The van der Waals surface area contributed by atoms with Gasteiger partial charge in [0.2, 0.25) is 0 Å². The van der Waals surface area contributed by atoms with E-state index in [4.69, 9.17) is 4.74 Å². The van der Waals surface area contributed by atoms with E-state index in [1.165, 1.54) is 64.3 Å². The van der Waals surface area contributed by atoms with Gasteiger partial charge >= 0.3 is 0 Å². The summed E-state index contributed by atoms with van der Waals surface area (Å²) in [5.41, 5.74) is 0.107. The molecular formula is C20H43NO. The van der Waals surface area contributed by atoms with Crippen molar-refractivity contribution >= 4 is 0 Å². The second kappa shape index (κ2) is 13.4. The van der Waals surface area contributed by atoms with Crippen LogP contribution in [0, 0.1) is 5.92 Å². The highest BCUT2D eigenvalue weighted by atomic mass is 16.5. The first-order valence-corrected chi connectivity index (χ1v) is 9.76. The third kappa shape index (κ3) is 8.53. The van der Waals surface area contributed by atoms with Crippen molar-refractivity contribution in [3.8, 4) is 0 Å². The molecule has 0 aliphatic heterocycles. The van der Waals surface area contributed by atoms with Crippen LogP contribution in [-0.2, 0) is 4.74 Å². The van der Waals surface area contributed by atoms with E-state index in [-0.39, 0.29) is 5.60 Å². The Hall–Kier alpha value is -0.0800. The van der Waals surface area contributed by atoms with Gasteiger partial charge in [-0.3, -0.25) is 0 Å². The van der Waals surface area contributed by atoms with Crippen molar-refractivity contribution in [2.24, 2.45) is 5.92 Å². The molecule has 0 aliphatic carbocycles. The Morgan fingerprint density at radius 3 is 1.86 bits per heavy atom. The van der Waals surface area contributed by atoms with Crippen LogP contribution in [0.4, 0.5) is 0 Å². The maximum Gasteiger partial charge on any atom is 0.0701 e. The molecule has 0 rings (SSSR count). The lowest BCUT2D eigenvalue weighted by atomic mass is 9.77. The molecule has 0 radical (unpaired) electrons. The van der Waals surface area contributed by atoms with E-state index < -0.39 is 0 Å². The summed E-state index contributed by atoms with van der Waals surface area (Å²) in [6.45, 7) is 8.08. The Labute approximate surface area is 141 Å². The molecule has 0 bridgehead atoms. The van der Waals surface area contributed by atoms with Gasteiger partial charge in [-0.25, -0.2) is 0 Å². The predicted molar refractivity (Wildman–Crippen MR) is 99.6 cm³/mol. The molecule has 0 amide bonds. The minimum atomic E-state index is 0.107. The van der Waals surface area contributed by atoms with Gasteiger partial charge in [0.15, 0.2) is 0 Å². The average molecular weight is 314 g/mol. The maximum atomic E-state index is 6.04. The summed E-state index contributed by atoms with van der Waals surface area (Å²) < 4.78 is 6.04. The van der Waals surface area contributed by atoms with Gasteiger partial charge in [0, 0.05) is 7.11 Å². The lowest BCUT2D eigenvalue weighted by molar-refractivity contribution is -0.0713. The number of methoxy groups -OCH3 is 1. The van der Waals surface area contributed by atoms with Crippen molar-refractivity contribution < 1.29 is 4.74 Å². The van der Waals surface area contributed by atoms with Crippen LogP contribution in [0.25, 0.3) is 0 Å². The van der Waals surface area contributed by atoms with E-state index in [1.807, 2.05) is 7.11 Å². The third-order valence-electron chi connectivity index (χ3n) is 5.41. The molecule has 0 heterocycles. The van der Waals surface area contributed by atoms with Gasteiger partial charge in [-0.15, -0.1) is 0 Å². The van der Waals surface area contributed by atoms with Crippen molar-refractivity contribution in [3.05, 3.63) is 0 Å². The lowest BCUT2D eigenvalue weighted by Crippen LogP contribution is -2.39. The van der Waals surface area contributed by atoms with Crippen molar-refractivity contribution in [2.75, 3.05) is 27.7 Å². The Morgan fingerprint density at radius 1 is 0.818 bits per heavy atom.